The summed E-state index contributed by atoms with van der Waals surface area (Å²) in [5, 5.41) is 12.2. The van der Waals surface area contributed by atoms with Crippen LogP contribution < -0.4 is 0 Å². The first-order valence-corrected chi connectivity index (χ1v) is 15.3. The van der Waals surface area contributed by atoms with Gasteiger partial charge in [-0.05, 0) is 66.7 Å². The van der Waals surface area contributed by atoms with Gasteiger partial charge in [-0.3, -0.25) is 0 Å². The molecule has 188 valence electrons. The Bertz CT molecular complexity index is 1960. The molecule has 0 atom stereocenters. The van der Waals surface area contributed by atoms with Crippen LogP contribution in [0, 0.1) is 0 Å². The van der Waals surface area contributed by atoms with Crippen LogP contribution in [0.1, 0.15) is 0 Å². The normalized spacial score (nSPS) is 11.5. The van der Waals surface area contributed by atoms with Crippen molar-refractivity contribution in [3.8, 4) is 43.1 Å². The van der Waals surface area contributed by atoms with E-state index in [0.29, 0.717) is 0 Å². The molecular formula is C38H24S2. The van der Waals surface area contributed by atoms with Crippen LogP contribution in [0.2, 0.25) is 0 Å². The van der Waals surface area contributed by atoms with Crippen molar-refractivity contribution >= 4 is 55.0 Å². The van der Waals surface area contributed by atoms with Gasteiger partial charge in [0.25, 0.3) is 0 Å². The van der Waals surface area contributed by atoms with E-state index in [4.69, 9.17) is 0 Å². The van der Waals surface area contributed by atoms with Gasteiger partial charge >= 0.3 is 0 Å². The molecule has 0 unspecified atom stereocenters. The zero-order chi connectivity index (χ0) is 26.5. The highest BCUT2D eigenvalue weighted by atomic mass is 32.1. The maximum atomic E-state index is 2.31. The van der Waals surface area contributed by atoms with Gasteiger partial charge in [0.2, 0.25) is 0 Å². The lowest BCUT2D eigenvalue weighted by atomic mass is 9.79. The summed E-state index contributed by atoms with van der Waals surface area (Å²) in [6, 6.07) is 48.8. The summed E-state index contributed by atoms with van der Waals surface area (Å²) in [5.41, 5.74) is 7.74. The van der Waals surface area contributed by atoms with Gasteiger partial charge in [-0.25, -0.2) is 0 Å². The first-order valence-electron chi connectivity index (χ1n) is 13.5. The monoisotopic (exact) mass is 544 g/mol. The van der Waals surface area contributed by atoms with Crippen molar-refractivity contribution in [3.63, 3.8) is 0 Å². The summed E-state index contributed by atoms with van der Waals surface area (Å²) in [6.07, 6.45) is 0. The highest BCUT2D eigenvalue weighted by Gasteiger charge is 2.26. The van der Waals surface area contributed by atoms with Gasteiger partial charge in [-0.2, -0.15) is 0 Å². The quantitative estimate of drug-likeness (QED) is 0.193. The Kier molecular flexibility index (Phi) is 5.62. The van der Waals surface area contributed by atoms with Crippen molar-refractivity contribution in [2.75, 3.05) is 0 Å². The molecule has 2 heteroatoms. The molecule has 0 N–H and O–H groups in total. The van der Waals surface area contributed by atoms with Crippen molar-refractivity contribution in [3.05, 3.63) is 144 Å². The van der Waals surface area contributed by atoms with E-state index in [0.717, 1.165) is 0 Å². The first kappa shape index (κ1) is 23.4. The van der Waals surface area contributed by atoms with Crippen molar-refractivity contribution in [2.45, 2.75) is 0 Å². The predicted molar refractivity (Wildman–Crippen MR) is 176 cm³/mol. The van der Waals surface area contributed by atoms with E-state index < -0.39 is 0 Å². The summed E-state index contributed by atoms with van der Waals surface area (Å²) < 4.78 is 0. The van der Waals surface area contributed by atoms with Gasteiger partial charge in [0.15, 0.2) is 0 Å². The van der Waals surface area contributed by atoms with Crippen LogP contribution in [-0.4, -0.2) is 0 Å². The Balaban J connectivity index is 1.77. The Morgan fingerprint density at radius 2 is 0.650 bits per heavy atom. The standard InChI is InChI=1S/C38H24S2/c1-3-13-25(14-4-1)33-27-17-7-9-19-29(27)36(32-22-12-24-40-32)38-34(26-15-5-2-6-16-26)28-18-8-10-20-30(28)35(37(33)38)31-21-11-23-39-31/h1-24H. The minimum atomic E-state index is 1.24. The molecule has 0 fully saturated rings. The Morgan fingerprint density at radius 1 is 0.300 bits per heavy atom. The third kappa shape index (κ3) is 3.57. The average Bonchev–Trinajstić information content (AvgIpc) is 3.75. The van der Waals surface area contributed by atoms with Crippen molar-refractivity contribution in [1.29, 1.82) is 0 Å². The van der Waals surface area contributed by atoms with E-state index >= 15 is 0 Å². The highest BCUT2D eigenvalue weighted by molar-refractivity contribution is 7.14. The summed E-state index contributed by atoms with van der Waals surface area (Å²) in [4.78, 5) is 2.59. The third-order valence-corrected chi connectivity index (χ3v) is 9.62. The van der Waals surface area contributed by atoms with Crippen molar-refractivity contribution in [1.82, 2.24) is 0 Å². The van der Waals surface area contributed by atoms with Gasteiger partial charge in [-0.1, -0.05) is 121 Å². The van der Waals surface area contributed by atoms with Crippen LogP contribution in [-0.2, 0) is 0 Å². The molecule has 0 amide bonds. The molecule has 0 spiro atoms. The molecule has 0 aliphatic rings. The van der Waals surface area contributed by atoms with Crippen LogP contribution in [0.5, 0.6) is 0 Å². The Labute approximate surface area is 241 Å². The van der Waals surface area contributed by atoms with Crippen LogP contribution in [0.25, 0.3) is 75.5 Å². The number of benzene rings is 6. The number of thiophene rings is 2. The van der Waals surface area contributed by atoms with Gasteiger partial charge in [0, 0.05) is 31.7 Å². The molecule has 8 aromatic rings. The molecule has 0 saturated heterocycles. The number of rotatable bonds is 4. The zero-order valence-electron chi connectivity index (χ0n) is 21.7. The molecule has 0 aliphatic carbocycles. The molecular weight excluding hydrogens is 521 g/mol. The van der Waals surface area contributed by atoms with Gasteiger partial charge < -0.3 is 0 Å². The molecule has 0 bridgehead atoms. The van der Waals surface area contributed by atoms with Crippen LogP contribution in [0.4, 0.5) is 0 Å². The molecule has 40 heavy (non-hydrogen) atoms. The SMILES string of the molecule is c1ccc(-c2c3ccccc3c(-c3cccs3)c3c(-c4ccccc4)c4ccccc4c(-c4cccs4)c23)cc1. The minimum Gasteiger partial charge on any atom is -0.144 e. The minimum absolute atomic E-state index is 1.24. The molecule has 0 radical (unpaired) electrons. The van der Waals surface area contributed by atoms with Crippen LogP contribution in [0.15, 0.2) is 144 Å². The maximum absolute atomic E-state index is 2.31. The molecule has 0 aliphatic heterocycles. The second-order valence-electron chi connectivity index (χ2n) is 10.0. The summed E-state index contributed by atoms with van der Waals surface area (Å²) >= 11 is 3.65. The Morgan fingerprint density at radius 3 is 1.00 bits per heavy atom. The first-order chi connectivity index (χ1) is 19.9. The van der Waals surface area contributed by atoms with E-state index in [2.05, 4.69) is 144 Å². The lowest BCUT2D eigenvalue weighted by molar-refractivity contribution is 1.66. The maximum Gasteiger partial charge on any atom is 0.0355 e. The number of hydrogen-bond donors (Lipinski definition) is 0. The smallest absolute Gasteiger partial charge is 0.0355 e. The van der Waals surface area contributed by atoms with Crippen LogP contribution >= 0.6 is 22.7 Å². The molecule has 6 aromatic carbocycles. The topological polar surface area (TPSA) is 0 Å². The second-order valence-corrected chi connectivity index (χ2v) is 11.9. The van der Waals surface area contributed by atoms with Crippen molar-refractivity contribution in [2.24, 2.45) is 0 Å². The lowest BCUT2D eigenvalue weighted by Crippen LogP contribution is -1.96. The molecule has 8 rings (SSSR count). The molecule has 2 aromatic heterocycles. The average molecular weight is 545 g/mol. The van der Waals surface area contributed by atoms with E-state index in [-0.39, 0.29) is 0 Å². The van der Waals surface area contributed by atoms with Crippen molar-refractivity contribution < 1.29 is 0 Å². The fraction of sp³-hybridized carbons (Fsp3) is 0. The largest absolute Gasteiger partial charge is 0.144 e. The van der Waals surface area contributed by atoms with Crippen LogP contribution in [0.3, 0.4) is 0 Å². The summed E-state index contributed by atoms with van der Waals surface area (Å²) in [6.45, 7) is 0. The summed E-state index contributed by atoms with van der Waals surface area (Å²) in [7, 11) is 0. The van der Waals surface area contributed by atoms with E-state index in [9.17, 15) is 0 Å². The molecule has 0 saturated carbocycles. The number of fused-ring (bicyclic) bond motifs is 3. The predicted octanol–water partition coefficient (Wildman–Crippen LogP) is 11.9. The summed E-state index contributed by atoms with van der Waals surface area (Å²) in [5.74, 6) is 0. The fourth-order valence-corrected chi connectivity index (χ4v) is 7.87. The van der Waals surface area contributed by atoms with E-state index in [1.807, 2.05) is 22.7 Å². The number of hydrogen-bond acceptors (Lipinski definition) is 2. The zero-order valence-corrected chi connectivity index (χ0v) is 23.3. The van der Waals surface area contributed by atoms with Gasteiger partial charge in [0.1, 0.15) is 0 Å². The second kappa shape index (κ2) is 9.60. The Hall–Kier alpha value is -4.50. The van der Waals surface area contributed by atoms with Gasteiger partial charge in [0.05, 0.1) is 0 Å². The lowest BCUT2D eigenvalue weighted by Gasteiger charge is -2.24. The highest BCUT2D eigenvalue weighted by Crippen LogP contribution is 2.54. The third-order valence-electron chi connectivity index (χ3n) is 7.84. The van der Waals surface area contributed by atoms with E-state index in [1.165, 1.54) is 75.5 Å². The van der Waals surface area contributed by atoms with Gasteiger partial charge in [-0.15, -0.1) is 22.7 Å². The molecule has 0 nitrogen and oxygen atoms in total. The molecule has 2 heterocycles. The fourth-order valence-electron chi connectivity index (χ4n) is 6.29. The van der Waals surface area contributed by atoms with E-state index in [1.54, 1.807) is 0 Å².